The molecule has 0 saturated heterocycles. The molecule has 1 fully saturated rings. The van der Waals surface area contributed by atoms with E-state index in [0.29, 0.717) is 25.9 Å². The third-order valence-corrected chi connectivity index (χ3v) is 4.27. The van der Waals surface area contributed by atoms with Crippen LogP contribution in [0.15, 0.2) is 18.2 Å². The third-order valence-electron chi connectivity index (χ3n) is 4.27. The zero-order valence-electron chi connectivity index (χ0n) is 11.8. The van der Waals surface area contributed by atoms with Gasteiger partial charge >= 0.3 is 5.97 Å². The summed E-state index contributed by atoms with van der Waals surface area (Å²) in [5.74, 6) is -0.193. The second-order valence-electron chi connectivity index (χ2n) is 5.83. The minimum absolute atomic E-state index is 0.00337. The number of hydrogen-bond acceptors (Lipinski definition) is 3. The normalized spacial score (nSPS) is 23.4. The molecule has 0 bridgehead atoms. The molecular formula is C16H19NO4. The Labute approximate surface area is 123 Å². The van der Waals surface area contributed by atoms with Gasteiger partial charge in [-0.15, -0.1) is 0 Å². The van der Waals surface area contributed by atoms with Crippen LogP contribution in [-0.4, -0.2) is 29.6 Å². The molecular weight excluding hydrogens is 270 g/mol. The van der Waals surface area contributed by atoms with Crippen LogP contribution in [0.25, 0.3) is 0 Å². The van der Waals surface area contributed by atoms with Gasteiger partial charge in [0.25, 0.3) is 0 Å². The van der Waals surface area contributed by atoms with E-state index in [-0.39, 0.29) is 17.9 Å². The van der Waals surface area contributed by atoms with Crippen LogP contribution in [0.1, 0.15) is 30.4 Å². The van der Waals surface area contributed by atoms with Crippen molar-refractivity contribution in [1.82, 2.24) is 5.32 Å². The van der Waals surface area contributed by atoms with Gasteiger partial charge in [-0.2, -0.15) is 0 Å². The lowest BCUT2D eigenvalue weighted by Crippen LogP contribution is -2.34. The van der Waals surface area contributed by atoms with Crippen LogP contribution in [0, 0.1) is 5.92 Å². The fourth-order valence-corrected chi connectivity index (χ4v) is 3.15. The quantitative estimate of drug-likeness (QED) is 0.881. The fraction of sp³-hybridized carbons (Fsp3) is 0.500. The molecule has 2 N–H and O–H groups in total. The molecule has 1 heterocycles. The maximum atomic E-state index is 12.1. The number of carboxylic acids is 1. The van der Waals surface area contributed by atoms with Crippen molar-refractivity contribution >= 4 is 11.9 Å². The van der Waals surface area contributed by atoms with Gasteiger partial charge in [-0.1, -0.05) is 12.1 Å². The van der Waals surface area contributed by atoms with Gasteiger partial charge in [-0.25, -0.2) is 0 Å². The van der Waals surface area contributed by atoms with E-state index in [4.69, 9.17) is 9.84 Å². The summed E-state index contributed by atoms with van der Waals surface area (Å²) >= 11 is 0. The molecule has 112 valence electrons. The smallest absolute Gasteiger partial charge is 0.306 e. The van der Waals surface area contributed by atoms with E-state index < -0.39 is 5.97 Å². The minimum atomic E-state index is -0.759. The molecule has 1 aromatic rings. The summed E-state index contributed by atoms with van der Waals surface area (Å²) in [4.78, 5) is 23.0. The second kappa shape index (κ2) is 5.76. The molecule has 1 aliphatic heterocycles. The van der Waals surface area contributed by atoms with Crippen LogP contribution < -0.4 is 10.1 Å². The van der Waals surface area contributed by atoms with Crippen LogP contribution in [0.4, 0.5) is 0 Å². The number of fused-ring (bicyclic) bond motifs is 1. The van der Waals surface area contributed by atoms with Gasteiger partial charge in [-0.3, -0.25) is 9.59 Å². The van der Waals surface area contributed by atoms with Crippen LogP contribution in [0.3, 0.4) is 0 Å². The van der Waals surface area contributed by atoms with Crippen molar-refractivity contribution in [2.24, 2.45) is 5.92 Å². The fourth-order valence-electron chi connectivity index (χ4n) is 3.15. The highest BCUT2D eigenvalue weighted by atomic mass is 16.5. The number of rotatable bonds is 4. The summed E-state index contributed by atoms with van der Waals surface area (Å²) in [6, 6.07) is 5.85. The molecule has 0 radical (unpaired) electrons. The number of nitrogens with one attached hydrogen (secondary N) is 1. The van der Waals surface area contributed by atoms with E-state index in [2.05, 4.69) is 5.32 Å². The number of benzene rings is 1. The van der Waals surface area contributed by atoms with E-state index in [1.807, 2.05) is 18.2 Å². The Morgan fingerprint density at radius 1 is 1.33 bits per heavy atom. The number of carboxylic acid groups (broad SMARTS) is 1. The van der Waals surface area contributed by atoms with Gasteiger partial charge in [0.1, 0.15) is 5.75 Å². The Morgan fingerprint density at radius 2 is 2.19 bits per heavy atom. The first kappa shape index (κ1) is 13.9. The van der Waals surface area contributed by atoms with E-state index in [0.717, 1.165) is 29.7 Å². The topological polar surface area (TPSA) is 75.6 Å². The molecule has 5 nitrogen and oxygen atoms in total. The zero-order valence-corrected chi connectivity index (χ0v) is 11.8. The van der Waals surface area contributed by atoms with E-state index in [9.17, 15) is 9.59 Å². The highest BCUT2D eigenvalue weighted by molar-refractivity contribution is 5.79. The Bertz CT molecular complexity index is 569. The minimum Gasteiger partial charge on any atom is -0.493 e. The lowest BCUT2D eigenvalue weighted by molar-refractivity contribution is -0.141. The van der Waals surface area contributed by atoms with Crippen molar-refractivity contribution in [2.45, 2.75) is 38.1 Å². The standard InChI is InChI=1S/C16H19NO4/c18-15(17-13-3-2-12(9-13)16(19)20)8-10-1-4-14-11(7-10)5-6-21-14/h1,4,7,12-13H,2-3,5-6,8-9H2,(H,17,18)(H,19,20)/t12-,13+/m0/s1. The summed E-state index contributed by atoms with van der Waals surface area (Å²) in [5.41, 5.74) is 2.14. The van der Waals surface area contributed by atoms with E-state index in [1.165, 1.54) is 0 Å². The molecule has 2 atom stereocenters. The number of carbonyl (C=O) groups excluding carboxylic acids is 1. The van der Waals surface area contributed by atoms with Gasteiger partial charge in [0, 0.05) is 12.5 Å². The molecule has 1 saturated carbocycles. The van der Waals surface area contributed by atoms with Crippen molar-refractivity contribution in [1.29, 1.82) is 0 Å². The van der Waals surface area contributed by atoms with Crippen molar-refractivity contribution in [2.75, 3.05) is 6.61 Å². The van der Waals surface area contributed by atoms with Gasteiger partial charge in [0.15, 0.2) is 0 Å². The lowest BCUT2D eigenvalue weighted by Gasteiger charge is -2.12. The van der Waals surface area contributed by atoms with Crippen molar-refractivity contribution in [3.63, 3.8) is 0 Å². The van der Waals surface area contributed by atoms with Crippen molar-refractivity contribution in [3.8, 4) is 5.75 Å². The van der Waals surface area contributed by atoms with Crippen LogP contribution in [0.5, 0.6) is 5.75 Å². The predicted octanol–water partition coefficient (Wildman–Crippen LogP) is 1.53. The molecule has 21 heavy (non-hydrogen) atoms. The first-order valence-corrected chi connectivity index (χ1v) is 7.38. The first-order valence-electron chi connectivity index (χ1n) is 7.38. The maximum Gasteiger partial charge on any atom is 0.306 e. The van der Waals surface area contributed by atoms with Crippen molar-refractivity contribution < 1.29 is 19.4 Å². The van der Waals surface area contributed by atoms with Crippen LogP contribution >= 0.6 is 0 Å². The predicted molar refractivity (Wildman–Crippen MR) is 76.3 cm³/mol. The molecule has 5 heteroatoms. The largest absolute Gasteiger partial charge is 0.493 e. The summed E-state index contributed by atoms with van der Waals surface area (Å²) in [5, 5.41) is 11.9. The zero-order chi connectivity index (χ0) is 14.8. The number of ether oxygens (including phenoxy) is 1. The SMILES string of the molecule is O=C(Cc1ccc2c(c1)CCO2)N[C@@H]1CC[C@H](C(=O)O)C1. The third kappa shape index (κ3) is 3.17. The summed E-state index contributed by atoms with van der Waals surface area (Å²) in [6.07, 6.45) is 3.17. The second-order valence-corrected chi connectivity index (χ2v) is 5.83. The summed E-state index contributed by atoms with van der Waals surface area (Å²) in [6.45, 7) is 0.712. The Hall–Kier alpha value is -2.04. The number of aliphatic carboxylic acids is 1. The molecule has 3 rings (SSSR count). The summed E-state index contributed by atoms with van der Waals surface area (Å²) in [7, 11) is 0. The molecule has 1 amide bonds. The average Bonchev–Trinajstić information content (AvgIpc) is 3.06. The lowest BCUT2D eigenvalue weighted by atomic mass is 10.1. The Kier molecular flexibility index (Phi) is 3.82. The number of carbonyl (C=O) groups is 2. The highest BCUT2D eigenvalue weighted by Gasteiger charge is 2.30. The van der Waals surface area contributed by atoms with E-state index in [1.54, 1.807) is 0 Å². The van der Waals surface area contributed by atoms with E-state index >= 15 is 0 Å². The monoisotopic (exact) mass is 289 g/mol. The van der Waals surface area contributed by atoms with Gasteiger partial charge in [-0.05, 0) is 36.5 Å². The first-order chi connectivity index (χ1) is 10.1. The molecule has 0 unspecified atom stereocenters. The van der Waals surface area contributed by atoms with Gasteiger partial charge < -0.3 is 15.2 Å². The molecule has 0 spiro atoms. The molecule has 1 aliphatic carbocycles. The van der Waals surface area contributed by atoms with Crippen molar-refractivity contribution in [3.05, 3.63) is 29.3 Å². The molecule has 0 aromatic heterocycles. The number of amides is 1. The maximum absolute atomic E-state index is 12.1. The van der Waals surface area contributed by atoms with Gasteiger partial charge in [0.05, 0.1) is 18.9 Å². The highest BCUT2D eigenvalue weighted by Crippen LogP contribution is 2.27. The van der Waals surface area contributed by atoms with Crippen LogP contribution in [0.2, 0.25) is 0 Å². The Balaban J connectivity index is 1.54. The Morgan fingerprint density at radius 3 is 2.95 bits per heavy atom. The van der Waals surface area contributed by atoms with Gasteiger partial charge in [0.2, 0.25) is 5.91 Å². The average molecular weight is 289 g/mol. The molecule has 2 aliphatic rings. The number of hydrogen-bond donors (Lipinski definition) is 2. The summed E-state index contributed by atoms with van der Waals surface area (Å²) < 4.78 is 5.44. The molecule has 1 aromatic carbocycles. The van der Waals surface area contributed by atoms with Crippen LogP contribution in [-0.2, 0) is 22.4 Å².